The number of hydrogen-bond acceptors (Lipinski definition) is 4. The minimum Gasteiger partial charge on any atom is -0.483 e. The van der Waals surface area contributed by atoms with E-state index in [2.05, 4.69) is 0 Å². The molecule has 20 heavy (non-hydrogen) atoms. The maximum atomic E-state index is 11.6. The number of amides is 1. The highest BCUT2D eigenvalue weighted by Gasteiger charge is 2.12. The highest BCUT2D eigenvalue weighted by Crippen LogP contribution is 2.29. The first kappa shape index (κ1) is 14.1. The summed E-state index contributed by atoms with van der Waals surface area (Å²) in [6.07, 6.45) is 0. The molecule has 0 saturated carbocycles. The molecule has 0 unspecified atom stereocenters. The van der Waals surface area contributed by atoms with Gasteiger partial charge in [-0.2, -0.15) is 0 Å². The number of carbonyl (C=O) groups excluding carboxylic acids is 1. The maximum Gasteiger partial charge on any atom is 0.336 e. The van der Waals surface area contributed by atoms with Crippen LogP contribution in [0.5, 0.6) is 5.75 Å². The van der Waals surface area contributed by atoms with Crippen LogP contribution in [0.1, 0.15) is 11.1 Å². The Bertz CT molecular complexity index is 716. The number of aryl methyl sites for hydroxylation is 2. The number of likely N-dealkylation sites (N-methyl/N-ethyl adjacent to an activating group) is 1. The number of rotatable bonds is 3. The molecule has 1 heterocycles. The van der Waals surface area contributed by atoms with Crippen LogP contribution in [0, 0.1) is 13.8 Å². The van der Waals surface area contributed by atoms with E-state index in [9.17, 15) is 9.59 Å². The Balaban J connectivity index is 2.47. The van der Waals surface area contributed by atoms with Crippen LogP contribution in [0.3, 0.4) is 0 Å². The average molecular weight is 275 g/mol. The van der Waals surface area contributed by atoms with Gasteiger partial charge in [0.25, 0.3) is 5.91 Å². The third-order valence-corrected chi connectivity index (χ3v) is 3.00. The van der Waals surface area contributed by atoms with Gasteiger partial charge >= 0.3 is 5.63 Å². The summed E-state index contributed by atoms with van der Waals surface area (Å²) in [6, 6.07) is 5.03. The van der Waals surface area contributed by atoms with Crippen LogP contribution in [-0.4, -0.2) is 31.5 Å². The van der Waals surface area contributed by atoms with Crippen molar-refractivity contribution in [3.8, 4) is 5.75 Å². The van der Waals surface area contributed by atoms with Gasteiger partial charge in [-0.1, -0.05) is 0 Å². The fraction of sp³-hybridized carbons (Fsp3) is 0.333. The van der Waals surface area contributed by atoms with E-state index in [1.807, 2.05) is 19.9 Å². The first-order valence-electron chi connectivity index (χ1n) is 6.26. The molecular weight excluding hydrogens is 258 g/mol. The second-order valence-electron chi connectivity index (χ2n) is 4.96. The van der Waals surface area contributed by atoms with Crippen molar-refractivity contribution in [2.24, 2.45) is 0 Å². The number of hydrogen-bond donors (Lipinski definition) is 0. The number of ether oxygens (including phenoxy) is 1. The quantitative estimate of drug-likeness (QED) is 0.802. The van der Waals surface area contributed by atoms with E-state index >= 15 is 0 Å². The molecule has 0 N–H and O–H groups in total. The molecule has 0 aliphatic heterocycles. The van der Waals surface area contributed by atoms with Crippen molar-refractivity contribution in [3.63, 3.8) is 0 Å². The van der Waals surface area contributed by atoms with Gasteiger partial charge in [0.2, 0.25) is 0 Å². The normalized spacial score (nSPS) is 10.6. The Kier molecular flexibility index (Phi) is 3.79. The van der Waals surface area contributed by atoms with Crippen molar-refractivity contribution in [1.82, 2.24) is 4.90 Å². The molecule has 5 nitrogen and oxygen atoms in total. The lowest BCUT2D eigenvalue weighted by Gasteiger charge is -2.14. The fourth-order valence-electron chi connectivity index (χ4n) is 1.96. The zero-order valence-corrected chi connectivity index (χ0v) is 12.0. The van der Waals surface area contributed by atoms with Crippen LogP contribution in [0.15, 0.2) is 27.4 Å². The molecular formula is C15H17NO4. The van der Waals surface area contributed by atoms with E-state index in [1.165, 1.54) is 11.0 Å². The predicted octanol–water partition coefficient (Wildman–Crippen LogP) is 1.88. The van der Waals surface area contributed by atoms with E-state index in [4.69, 9.17) is 9.15 Å². The highest BCUT2D eigenvalue weighted by molar-refractivity contribution is 5.88. The van der Waals surface area contributed by atoms with Gasteiger partial charge in [0.15, 0.2) is 6.61 Å². The summed E-state index contributed by atoms with van der Waals surface area (Å²) in [6.45, 7) is 3.64. The van der Waals surface area contributed by atoms with Crippen molar-refractivity contribution < 1.29 is 13.9 Å². The van der Waals surface area contributed by atoms with Crippen LogP contribution in [-0.2, 0) is 4.79 Å². The van der Waals surface area contributed by atoms with E-state index in [0.717, 1.165) is 16.5 Å². The molecule has 1 aromatic heterocycles. The van der Waals surface area contributed by atoms with Crippen molar-refractivity contribution in [2.75, 3.05) is 20.7 Å². The summed E-state index contributed by atoms with van der Waals surface area (Å²) in [4.78, 5) is 24.5. The van der Waals surface area contributed by atoms with E-state index < -0.39 is 5.63 Å². The highest BCUT2D eigenvalue weighted by atomic mass is 16.5. The molecule has 0 aliphatic carbocycles. The molecule has 0 atom stereocenters. The number of benzene rings is 1. The van der Waals surface area contributed by atoms with E-state index in [0.29, 0.717) is 11.3 Å². The zero-order chi connectivity index (χ0) is 14.9. The Hall–Kier alpha value is -2.30. The molecule has 0 saturated heterocycles. The first-order chi connectivity index (χ1) is 9.38. The molecule has 0 aliphatic rings. The molecule has 0 spiro atoms. The largest absolute Gasteiger partial charge is 0.483 e. The number of fused-ring (bicyclic) bond motifs is 1. The summed E-state index contributed by atoms with van der Waals surface area (Å²) in [7, 11) is 3.34. The molecule has 2 aromatic rings. The zero-order valence-electron chi connectivity index (χ0n) is 12.0. The molecule has 106 valence electrons. The summed E-state index contributed by atoms with van der Waals surface area (Å²) < 4.78 is 10.8. The predicted molar refractivity (Wildman–Crippen MR) is 76.1 cm³/mol. The minimum atomic E-state index is -0.393. The molecule has 0 fully saturated rings. The van der Waals surface area contributed by atoms with Crippen LogP contribution in [0.4, 0.5) is 0 Å². The van der Waals surface area contributed by atoms with Gasteiger partial charge in [-0.3, -0.25) is 4.79 Å². The molecule has 1 amide bonds. The summed E-state index contributed by atoms with van der Waals surface area (Å²) in [5, 5.41) is 0.724. The van der Waals surface area contributed by atoms with Gasteiger partial charge in [0, 0.05) is 20.2 Å². The van der Waals surface area contributed by atoms with Gasteiger partial charge in [0.05, 0.1) is 5.39 Å². The molecule has 2 rings (SSSR count). The van der Waals surface area contributed by atoms with Gasteiger partial charge in [-0.15, -0.1) is 0 Å². The Morgan fingerprint density at radius 1 is 1.25 bits per heavy atom. The van der Waals surface area contributed by atoms with Crippen LogP contribution in [0.2, 0.25) is 0 Å². The Morgan fingerprint density at radius 3 is 2.60 bits per heavy atom. The SMILES string of the molecule is Cc1cc(OCC(=O)N(C)C)c2c(C)cc(=O)oc2c1. The summed E-state index contributed by atoms with van der Waals surface area (Å²) >= 11 is 0. The summed E-state index contributed by atoms with van der Waals surface area (Å²) in [5.41, 5.74) is 1.75. The smallest absolute Gasteiger partial charge is 0.336 e. The van der Waals surface area contributed by atoms with Gasteiger partial charge in [-0.05, 0) is 37.1 Å². The van der Waals surface area contributed by atoms with Crippen LogP contribution < -0.4 is 10.4 Å². The first-order valence-corrected chi connectivity index (χ1v) is 6.26. The second kappa shape index (κ2) is 5.36. The lowest BCUT2D eigenvalue weighted by atomic mass is 10.1. The van der Waals surface area contributed by atoms with Crippen LogP contribution >= 0.6 is 0 Å². The monoisotopic (exact) mass is 275 g/mol. The van der Waals surface area contributed by atoms with Gasteiger partial charge in [0.1, 0.15) is 11.3 Å². The van der Waals surface area contributed by atoms with E-state index in [-0.39, 0.29) is 12.5 Å². The molecule has 5 heteroatoms. The van der Waals surface area contributed by atoms with Crippen molar-refractivity contribution in [1.29, 1.82) is 0 Å². The topological polar surface area (TPSA) is 59.8 Å². The van der Waals surface area contributed by atoms with Crippen LogP contribution in [0.25, 0.3) is 11.0 Å². The van der Waals surface area contributed by atoms with Crippen molar-refractivity contribution in [3.05, 3.63) is 39.7 Å². The lowest BCUT2D eigenvalue weighted by molar-refractivity contribution is -0.130. The van der Waals surface area contributed by atoms with Gasteiger partial charge in [-0.25, -0.2) is 4.79 Å². The fourth-order valence-corrected chi connectivity index (χ4v) is 1.96. The molecule has 1 aromatic carbocycles. The number of carbonyl (C=O) groups is 1. The molecule has 0 bridgehead atoms. The maximum absolute atomic E-state index is 11.6. The number of nitrogens with zero attached hydrogens (tertiary/aromatic N) is 1. The lowest BCUT2D eigenvalue weighted by Crippen LogP contribution is -2.27. The van der Waals surface area contributed by atoms with Gasteiger partial charge < -0.3 is 14.1 Å². The second-order valence-corrected chi connectivity index (χ2v) is 4.96. The third kappa shape index (κ3) is 2.82. The van der Waals surface area contributed by atoms with E-state index in [1.54, 1.807) is 20.2 Å². The standard InChI is InChI=1S/C15H17NO4/c1-9-5-11(19-8-13(17)16(3)4)15-10(2)7-14(18)20-12(15)6-9/h5-7H,8H2,1-4H3. The van der Waals surface area contributed by atoms with Crippen molar-refractivity contribution >= 4 is 16.9 Å². The summed E-state index contributed by atoms with van der Waals surface area (Å²) in [5.74, 6) is 0.422. The Morgan fingerprint density at radius 2 is 1.95 bits per heavy atom. The van der Waals surface area contributed by atoms with Crippen molar-refractivity contribution in [2.45, 2.75) is 13.8 Å². The molecule has 0 radical (unpaired) electrons. The average Bonchev–Trinajstić information content (AvgIpc) is 2.33. The minimum absolute atomic E-state index is 0.0515. The Labute approximate surface area is 116 Å². The third-order valence-electron chi connectivity index (χ3n) is 3.00.